The third kappa shape index (κ3) is 3.24. The molecule has 0 bridgehead atoms. The third-order valence-electron chi connectivity index (χ3n) is 3.84. The lowest BCUT2D eigenvalue weighted by Crippen LogP contribution is -2.29. The lowest BCUT2D eigenvalue weighted by Gasteiger charge is -2.31. The van der Waals surface area contributed by atoms with Crippen LogP contribution in [-0.4, -0.2) is 6.54 Å². The van der Waals surface area contributed by atoms with E-state index in [0.29, 0.717) is 10.9 Å². The normalized spacial score (nSPS) is 18.8. The van der Waals surface area contributed by atoms with Crippen LogP contribution in [0.25, 0.3) is 0 Å². The van der Waals surface area contributed by atoms with Crippen LogP contribution >= 0.6 is 11.6 Å². The highest BCUT2D eigenvalue weighted by Crippen LogP contribution is 2.37. The Balaban J connectivity index is 2.22. The zero-order chi connectivity index (χ0) is 13.0. The summed E-state index contributed by atoms with van der Waals surface area (Å²) in [7, 11) is 0. The summed E-state index contributed by atoms with van der Waals surface area (Å²) in [5.74, 6) is 0.365. The molecule has 0 amide bonds. The van der Waals surface area contributed by atoms with E-state index in [-0.39, 0.29) is 11.9 Å². The molecule has 1 aromatic carbocycles. The molecule has 1 aromatic rings. The molecule has 1 fully saturated rings. The first-order valence-electron chi connectivity index (χ1n) is 6.90. The van der Waals surface area contributed by atoms with Crippen LogP contribution in [0.5, 0.6) is 0 Å². The molecule has 0 aromatic heterocycles. The fourth-order valence-electron chi connectivity index (χ4n) is 2.97. The lowest BCUT2D eigenvalue weighted by atomic mass is 9.81. The van der Waals surface area contributed by atoms with Gasteiger partial charge < -0.3 is 5.32 Å². The van der Waals surface area contributed by atoms with Crippen LogP contribution in [0.1, 0.15) is 50.6 Å². The highest BCUT2D eigenvalue weighted by atomic mass is 35.5. The molecule has 1 unspecified atom stereocenters. The van der Waals surface area contributed by atoms with Crippen molar-refractivity contribution in [2.75, 3.05) is 6.54 Å². The fourth-order valence-corrected chi connectivity index (χ4v) is 3.26. The summed E-state index contributed by atoms with van der Waals surface area (Å²) in [6, 6.07) is 5.03. The molecule has 100 valence electrons. The smallest absolute Gasteiger partial charge is 0.124 e. The van der Waals surface area contributed by atoms with E-state index in [1.807, 2.05) is 6.07 Å². The summed E-state index contributed by atoms with van der Waals surface area (Å²) in [5.41, 5.74) is 1.05. The van der Waals surface area contributed by atoms with Gasteiger partial charge in [-0.15, -0.1) is 0 Å². The maximum Gasteiger partial charge on any atom is 0.124 e. The van der Waals surface area contributed by atoms with Crippen molar-refractivity contribution in [1.82, 2.24) is 5.32 Å². The first-order valence-corrected chi connectivity index (χ1v) is 7.28. The van der Waals surface area contributed by atoms with E-state index in [4.69, 9.17) is 11.6 Å². The van der Waals surface area contributed by atoms with E-state index in [2.05, 4.69) is 12.2 Å². The Bertz CT molecular complexity index is 388. The molecule has 0 saturated heterocycles. The highest BCUT2D eigenvalue weighted by Gasteiger charge is 2.25. The molecule has 0 aliphatic heterocycles. The van der Waals surface area contributed by atoms with Gasteiger partial charge in [0.15, 0.2) is 0 Å². The minimum Gasteiger partial charge on any atom is -0.310 e. The molecule has 0 radical (unpaired) electrons. The molecule has 1 aliphatic rings. The number of hydrogen-bond acceptors (Lipinski definition) is 1. The second-order valence-electron chi connectivity index (χ2n) is 5.10. The zero-order valence-electron chi connectivity index (χ0n) is 10.9. The minimum atomic E-state index is -0.261. The Morgan fingerprint density at radius 1 is 1.33 bits per heavy atom. The van der Waals surface area contributed by atoms with Crippen molar-refractivity contribution in [1.29, 1.82) is 0 Å². The summed E-state index contributed by atoms with van der Waals surface area (Å²) < 4.78 is 13.1. The SMILES string of the molecule is CCNC(c1ccc(F)cc1Cl)C1CCCCC1. The number of benzene rings is 1. The van der Waals surface area contributed by atoms with Gasteiger partial charge in [0.1, 0.15) is 5.82 Å². The summed E-state index contributed by atoms with van der Waals surface area (Å²) in [4.78, 5) is 0. The van der Waals surface area contributed by atoms with E-state index in [1.165, 1.54) is 44.2 Å². The first kappa shape index (κ1) is 13.8. The van der Waals surface area contributed by atoms with E-state index in [9.17, 15) is 4.39 Å². The molecule has 1 aliphatic carbocycles. The standard InChI is InChI=1S/C15H21ClFN/c1-2-18-15(11-6-4-3-5-7-11)13-9-8-12(17)10-14(13)16/h8-11,15,18H,2-7H2,1H3. The summed E-state index contributed by atoms with van der Waals surface area (Å²) in [6.07, 6.45) is 6.42. The Labute approximate surface area is 114 Å². The predicted molar refractivity (Wildman–Crippen MR) is 74.4 cm³/mol. The van der Waals surface area contributed by atoms with Gasteiger partial charge in [0, 0.05) is 11.1 Å². The molecule has 1 N–H and O–H groups in total. The third-order valence-corrected chi connectivity index (χ3v) is 4.17. The first-order chi connectivity index (χ1) is 8.72. The largest absolute Gasteiger partial charge is 0.310 e. The predicted octanol–water partition coefficient (Wildman–Crippen LogP) is 4.71. The molecule has 0 spiro atoms. The van der Waals surface area contributed by atoms with Gasteiger partial charge >= 0.3 is 0 Å². The maximum absolute atomic E-state index is 13.1. The number of rotatable bonds is 4. The summed E-state index contributed by atoms with van der Waals surface area (Å²) >= 11 is 6.20. The van der Waals surface area contributed by atoms with Crippen LogP contribution in [0.4, 0.5) is 4.39 Å². The maximum atomic E-state index is 13.1. The molecule has 18 heavy (non-hydrogen) atoms. The van der Waals surface area contributed by atoms with Crippen LogP contribution in [0.3, 0.4) is 0 Å². The van der Waals surface area contributed by atoms with Crippen molar-refractivity contribution in [3.8, 4) is 0 Å². The minimum absolute atomic E-state index is 0.261. The fraction of sp³-hybridized carbons (Fsp3) is 0.600. The Morgan fingerprint density at radius 3 is 2.67 bits per heavy atom. The van der Waals surface area contributed by atoms with Crippen molar-refractivity contribution in [3.05, 3.63) is 34.6 Å². The van der Waals surface area contributed by atoms with Crippen molar-refractivity contribution >= 4 is 11.6 Å². The lowest BCUT2D eigenvalue weighted by molar-refractivity contribution is 0.274. The molecular formula is C15H21ClFN. The van der Waals surface area contributed by atoms with Crippen molar-refractivity contribution in [3.63, 3.8) is 0 Å². The van der Waals surface area contributed by atoms with Gasteiger partial charge in [0.25, 0.3) is 0 Å². The van der Waals surface area contributed by atoms with Gasteiger partial charge in [0.2, 0.25) is 0 Å². The van der Waals surface area contributed by atoms with Crippen molar-refractivity contribution in [2.24, 2.45) is 5.92 Å². The molecule has 0 heterocycles. The average molecular weight is 270 g/mol. The van der Waals surface area contributed by atoms with Crippen molar-refractivity contribution < 1.29 is 4.39 Å². The van der Waals surface area contributed by atoms with Gasteiger partial charge in [-0.1, -0.05) is 43.9 Å². The Hall–Kier alpha value is -0.600. The van der Waals surface area contributed by atoms with Gasteiger partial charge in [-0.2, -0.15) is 0 Å². The van der Waals surface area contributed by atoms with Crippen LogP contribution in [0.15, 0.2) is 18.2 Å². The van der Waals surface area contributed by atoms with Crippen LogP contribution in [-0.2, 0) is 0 Å². The van der Waals surface area contributed by atoms with Crippen LogP contribution in [0, 0.1) is 11.7 Å². The van der Waals surface area contributed by atoms with E-state index >= 15 is 0 Å². The van der Waals surface area contributed by atoms with Gasteiger partial charge in [-0.25, -0.2) is 4.39 Å². The van der Waals surface area contributed by atoms with E-state index in [1.54, 1.807) is 0 Å². The second kappa shape index (κ2) is 6.53. The number of halogens is 2. The quantitative estimate of drug-likeness (QED) is 0.835. The zero-order valence-corrected chi connectivity index (χ0v) is 11.6. The molecule has 1 saturated carbocycles. The topological polar surface area (TPSA) is 12.0 Å². The summed E-state index contributed by atoms with van der Waals surface area (Å²) in [6.45, 7) is 3.02. The van der Waals surface area contributed by atoms with Gasteiger partial charge in [-0.3, -0.25) is 0 Å². The Morgan fingerprint density at radius 2 is 2.06 bits per heavy atom. The molecule has 3 heteroatoms. The Kier molecular flexibility index (Phi) is 5.02. The molecule has 2 rings (SSSR count). The van der Waals surface area contributed by atoms with Crippen LogP contribution < -0.4 is 5.32 Å². The molecule has 1 atom stereocenters. The highest BCUT2D eigenvalue weighted by molar-refractivity contribution is 6.31. The van der Waals surface area contributed by atoms with Gasteiger partial charge in [0.05, 0.1) is 0 Å². The molecular weight excluding hydrogens is 249 g/mol. The van der Waals surface area contributed by atoms with Crippen molar-refractivity contribution in [2.45, 2.75) is 45.1 Å². The average Bonchev–Trinajstić information content (AvgIpc) is 2.38. The number of hydrogen-bond donors (Lipinski definition) is 1. The second-order valence-corrected chi connectivity index (χ2v) is 5.51. The van der Waals surface area contributed by atoms with E-state index in [0.717, 1.165) is 12.1 Å². The number of nitrogens with one attached hydrogen (secondary N) is 1. The van der Waals surface area contributed by atoms with Crippen LogP contribution in [0.2, 0.25) is 5.02 Å². The monoisotopic (exact) mass is 269 g/mol. The molecule has 1 nitrogen and oxygen atoms in total. The summed E-state index contributed by atoms with van der Waals surface area (Å²) in [5, 5.41) is 4.07. The van der Waals surface area contributed by atoms with E-state index < -0.39 is 0 Å². The van der Waals surface area contributed by atoms with Gasteiger partial charge in [-0.05, 0) is 43.0 Å².